The van der Waals surface area contributed by atoms with E-state index in [-0.39, 0.29) is 29.3 Å². The number of hydrogen-bond donors (Lipinski definition) is 2. The molecule has 5 rings (SSSR count). The Morgan fingerprint density at radius 3 is 2.59 bits per heavy atom. The van der Waals surface area contributed by atoms with Crippen molar-refractivity contribution in [1.29, 1.82) is 0 Å². The van der Waals surface area contributed by atoms with Crippen LogP contribution in [0.2, 0.25) is 0 Å². The van der Waals surface area contributed by atoms with Gasteiger partial charge in [-0.05, 0) is 53.1 Å². The molecule has 2 aliphatic rings. The third-order valence-corrected chi connectivity index (χ3v) is 7.65. The smallest absolute Gasteiger partial charge is 0.269 e. The molecule has 0 saturated carbocycles. The van der Waals surface area contributed by atoms with Crippen LogP contribution in [0.3, 0.4) is 0 Å². The van der Waals surface area contributed by atoms with Crippen molar-refractivity contribution < 1.29 is 14.5 Å². The topological polar surface area (TPSA) is 105 Å². The summed E-state index contributed by atoms with van der Waals surface area (Å²) in [7, 11) is 0. The number of thiophene rings is 1. The molecule has 0 spiro atoms. The number of para-hydroxylation sites is 2. The second-order valence-corrected chi connectivity index (χ2v) is 11.2. The lowest BCUT2D eigenvalue weighted by atomic mass is 9.73. The highest BCUT2D eigenvalue weighted by Gasteiger charge is 2.42. The van der Waals surface area contributed by atoms with Crippen molar-refractivity contribution in [1.82, 2.24) is 5.32 Å². The Kier molecular flexibility index (Phi) is 6.55. The first-order chi connectivity index (χ1) is 17.7. The summed E-state index contributed by atoms with van der Waals surface area (Å²) in [5.41, 5.74) is 3.52. The quantitative estimate of drug-likeness (QED) is 0.327. The van der Waals surface area contributed by atoms with Gasteiger partial charge in [-0.1, -0.05) is 32.0 Å². The van der Waals surface area contributed by atoms with Gasteiger partial charge in [0.25, 0.3) is 5.69 Å². The maximum atomic E-state index is 13.7. The maximum absolute atomic E-state index is 13.7. The van der Waals surface area contributed by atoms with Crippen molar-refractivity contribution in [2.45, 2.75) is 39.3 Å². The summed E-state index contributed by atoms with van der Waals surface area (Å²) in [6, 6.07) is 17.3. The second kappa shape index (κ2) is 9.82. The summed E-state index contributed by atoms with van der Waals surface area (Å²) >= 11 is 1.57. The van der Waals surface area contributed by atoms with Gasteiger partial charge in [-0.3, -0.25) is 19.7 Å². The van der Waals surface area contributed by atoms with Crippen LogP contribution in [0.15, 0.2) is 77.3 Å². The summed E-state index contributed by atoms with van der Waals surface area (Å²) in [5, 5.41) is 19.8. The number of nitro groups is 1. The maximum Gasteiger partial charge on any atom is 0.269 e. The van der Waals surface area contributed by atoms with E-state index in [0.717, 1.165) is 27.5 Å². The molecule has 0 bridgehead atoms. The van der Waals surface area contributed by atoms with Gasteiger partial charge in [0.2, 0.25) is 5.91 Å². The lowest BCUT2D eigenvalue weighted by Crippen LogP contribution is -2.41. The van der Waals surface area contributed by atoms with Crippen LogP contribution in [0.5, 0.6) is 0 Å². The number of nitrogens with zero attached hydrogens (tertiary/aromatic N) is 2. The number of anilines is 2. The van der Waals surface area contributed by atoms with E-state index < -0.39 is 11.0 Å². The molecule has 0 saturated heterocycles. The fourth-order valence-corrected chi connectivity index (χ4v) is 5.81. The largest absolute Gasteiger partial charge is 0.357 e. The number of fused-ring (bicyclic) bond motifs is 1. The number of rotatable bonds is 6. The summed E-state index contributed by atoms with van der Waals surface area (Å²) in [6.07, 6.45) is 1.05. The van der Waals surface area contributed by atoms with Crippen LogP contribution in [-0.4, -0.2) is 23.2 Å². The molecule has 8 nitrogen and oxygen atoms in total. The van der Waals surface area contributed by atoms with Crippen molar-refractivity contribution in [2.24, 2.45) is 5.41 Å². The standard InChI is InChI=1S/C28H28N4O4S/c1-28(2)14-22-26(24(33)15-28)27(18-9-11-19(12-10-18)32(35)36)31(23-8-4-3-7-21(23)30-22)17-25(34)29-16-20-6-5-13-37-20/h3-13,27,30H,14-17H2,1-2H3,(H,29,34). The first-order valence-electron chi connectivity index (χ1n) is 12.1. The van der Waals surface area contributed by atoms with Crippen molar-refractivity contribution in [3.8, 4) is 0 Å². The van der Waals surface area contributed by atoms with Gasteiger partial charge in [0.05, 0.1) is 35.4 Å². The molecule has 1 aliphatic carbocycles. The number of hydrogen-bond acceptors (Lipinski definition) is 7. The molecule has 1 atom stereocenters. The Morgan fingerprint density at radius 1 is 1.14 bits per heavy atom. The predicted octanol–water partition coefficient (Wildman–Crippen LogP) is 5.59. The van der Waals surface area contributed by atoms with Crippen LogP contribution in [0.4, 0.5) is 17.1 Å². The number of carbonyl (C=O) groups is 2. The highest BCUT2D eigenvalue weighted by Crippen LogP contribution is 2.48. The first kappa shape index (κ1) is 24.7. The Balaban J connectivity index is 1.61. The van der Waals surface area contributed by atoms with Crippen LogP contribution in [-0.2, 0) is 16.1 Å². The van der Waals surface area contributed by atoms with Gasteiger partial charge in [0, 0.05) is 34.7 Å². The van der Waals surface area contributed by atoms with Gasteiger partial charge in [0.1, 0.15) is 0 Å². The number of nitrogens with one attached hydrogen (secondary N) is 2. The number of benzene rings is 2. The molecule has 1 aromatic heterocycles. The summed E-state index contributed by atoms with van der Waals surface area (Å²) in [6.45, 7) is 4.58. The molecule has 0 radical (unpaired) electrons. The summed E-state index contributed by atoms with van der Waals surface area (Å²) < 4.78 is 0. The van der Waals surface area contributed by atoms with Gasteiger partial charge < -0.3 is 15.5 Å². The number of allylic oxidation sites excluding steroid dienone is 1. The van der Waals surface area contributed by atoms with Gasteiger partial charge in [-0.25, -0.2) is 0 Å². The normalized spacial score (nSPS) is 18.4. The van der Waals surface area contributed by atoms with E-state index in [1.54, 1.807) is 23.5 Å². The Labute approximate surface area is 219 Å². The van der Waals surface area contributed by atoms with E-state index >= 15 is 0 Å². The van der Waals surface area contributed by atoms with Crippen LogP contribution < -0.4 is 15.5 Å². The average Bonchev–Trinajstić information content (AvgIpc) is 3.33. The van der Waals surface area contributed by atoms with Gasteiger partial charge >= 0.3 is 0 Å². The van der Waals surface area contributed by atoms with Crippen LogP contribution >= 0.6 is 11.3 Å². The van der Waals surface area contributed by atoms with Gasteiger partial charge in [-0.15, -0.1) is 11.3 Å². The van der Waals surface area contributed by atoms with E-state index in [4.69, 9.17) is 0 Å². The van der Waals surface area contributed by atoms with E-state index in [1.165, 1.54) is 12.1 Å². The Hall–Kier alpha value is -3.98. The molecule has 1 aliphatic heterocycles. The van der Waals surface area contributed by atoms with E-state index in [1.807, 2.05) is 46.7 Å². The molecule has 0 fully saturated rings. The first-order valence-corrected chi connectivity index (χ1v) is 13.0. The summed E-state index contributed by atoms with van der Waals surface area (Å²) in [5.74, 6) is -0.165. The fourth-order valence-electron chi connectivity index (χ4n) is 5.16. The molecule has 37 heavy (non-hydrogen) atoms. The van der Waals surface area contributed by atoms with Crippen molar-refractivity contribution >= 4 is 40.1 Å². The Bertz CT molecular complexity index is 1380. The second-order valence-electron chi connectivity index (χ2n) is 10.2. The molecule has 2 N–H and O–H groups in total. The molecule has 3 aromatic rings. The highest BCUT2D eigenvalue weighted by molar-refractivity contribution is 7.09. The molecule has 2 heterocycles. The lowest BCUT2D eigenvalue weighted by molar-refractivity contribution is -0.384. The van der Waals surface area contributed by atoms with Crippen molar-refractivity contribution in [2.75, 3.05) is 16.8 Å². The fraction of sp³-hybridized carbons (Fsp3) is 0.286. The number of non-ortho nitro benzene ring substituents is 1. The molecule has 1 unspecified atom stereocenters. The van der Waals surface area contributed by atoms with Gasteiger partial charge in [-0.2, -0.15) is 0 Å². The molecular formula is C28H28N4O4S. The number of nitro benzene ring substituents is 1. The Morgan fingerprint density at radius 2 is 1.89 bits per heavy atom. The highest BCUT2D eigenvalue weighted by atomic mass is 32.1. The SMILES string of the molecule is CC1(C)CC(=O)C2=C(C1)Nc1ccccc1N(CC(=O)NCc1cccs1)C2c1ccc([N+](=O)[O-])cc1. The lowest BCUT2D eigenvalue weighted by Gasteiger charge is -2.37. The molecular weight excluding hydrogens is 488 g/mol. The molecule has 1 amide bonds. The molecule has 9 heteroatoms. The van der Waals surface area contributed by atoms with E-state index in [0.29, 0.717) is 25.0 Å². The zero-order valence-electron chi connectivity index (χ0n) is 20.7. The number of carbonyl (C=O) groups excluding carboxylic acids is 2. The minimum absolute atomic E-state index is 0.0129. The zero-order chi connectivity index (χ0) is 26.2. The van der Waals surface area contributed by atoms with Crippen LogP contribution in [0, 0.1) is 15.5 Å². The molecule has 190 valence electrons. The zero-order valence-corrected chi connectivity index (χ0v) is 21.5. The predicted molar refractivity (Wildman–Crippen MR) is 144 cm³/mol. The third-order valence-electron chi connectivity index (χ3n) is 6.78. The summed E-state index contributed by atoms with van der Waals surface area (Å²) in [4.78, 5) is 40.8. The van der Waals surface area contributed by atoms with Crippen molar-refractivity contribution in [3.05, 3.63) is 97.9 Å². The third kappa shape index (κ3) is 5.13. The van der Waals surface area contributed by atoms with E-state index in [9.17, 15) is 19.7 Å². The minimum Gasteiger partial charge on any atom is -0.357 e. The number of Topliss-reactive ketones (excluding diaryl/α,β-unsaturated/α-hetero) is 1. The number of amides is 1. The van der Waals surface area contributed by atoms with E-state index in [2.05, 4.69) is 24.5 Å². The van der Waals surface area contributed by atoms with Crippen LogP contribution in [0.1, 0.15) is 43.2 Å². The van der Waals surface area contributed by atoms with Gasteiger partial charge in [0.15, 0.2) is 5.78 Å². The van der Waals surface area contributed by atoms with Crippen LogP contribution in [0.25, 0.3) is 0 Å². The average molecular weight is 517 g/mol. The minimum atomic E-state index is -0.581. The number of ketones is 1. The monoisotopic (exact) mass is 516 g/mol. The van der Waals surface area contributed by atoms with Crippen molar-refractivity contribution in [3.63, 3.8) is 0 Å². The molecule has 2 aromatic carbocycles.